The van der Waals surface area contributed by atoms with Crippen LogP contribution in [0.3, 0.4) is 0 Å². The number of sulfonamides is 1. The number of nitrogens with zero attached hydrogens (tertiary/aromatic N) is 2. The van der Waals surface area contributed by atoms with E-state index in [1.54, 1.807) is 17.5 Å². The zero-order valence-corrected chi connectivity index (χ0v) is 15.5. The smallest absolute Gasteiger partial charge is 0.252 e. The number of thiophene rings is 1. The molecule has 1 amide bonds. The first-order valence-corrected chi connectivity index (χ1v) is 10.1. The highest BCUT2D eigenvalue weighted by molar-refractivity contribution is 7.91. The van der Waals surface area contributed by atoms with Gasteiger partial charge in [0.1, 0.15) is 4.21 Å². The van der Waals surface area contributed by atoms with E-state index in [0.29, 0.717) is 36.9 Å². The van der Waals surface area contributed by atoms with Gasteiger partial charge in [-0.2, -0.15) is 4.31 Å². The van der Waals surface area contributed by atoms with Gasteiger partial charge in [0.05, 0.1) is 6.54 Å². The highest BCUT2D eigenvalue weighted by Crippen LogP contribution is 2.21. The number of hydrogen-bond acceptors (Lipinski definition) is 5. The van der Waals surface area contributed by atoms with Crippen LogP contribution >= 0.6 is 11.3 Å². The molecule has 0 saturated carbocycles. The lowest BCUT2D eigenvalue weighted by Crippen LogP contribution is -2.53. The lowest BCUT2D eigenvalue weighted by atomic mass is 10.0. The minimum absolute atomic E-state index is 0.00795. The van der Waals surface area contributed by atoms with Gasteiger partial charge in [0, 0.05) is 31.7 Å². The summed E-state index contributed by atoms with van der Waals surface area (Å²) in [6, 6.07) is 3.38. The van der Waals surface area contributed by atoms with E-state index in [1.807, 2.05) is 25.7 Å². The van der Waals surface area contributed by atoms with Crippen LogP contribution in [0.2, 0.25) is 0 Å². The van der Waals surface area contributed by atoms with Crippen molar-refractivity contribution in [1.29, 1.82) is 0 Å². The Balaban J connectivity index is 1.86. The highest BCUT2D eigenvalue weighted by atomic mass is 32.2. The summed E-state index contributed by atoms with van der Waals surface area (Å²) < 4.78 is 26.8. The molecule has 2 rings (SSSR count). The van der Waals surface area contributed by atoms with Crippen molar-refractivity contribution in [3.63, 3.8) is 0 Å². The van der Waals surface area contributed by atoms with Gasteiger partial charge in [-0.05, 0) is 31.7 Å². The fraction of sp³-hybridized carbons (Fsp3) is 0.667. The number of nitrogens with one attached hydrogen (secondary N) is 1. The second-order valence-corrected chi connectivity index (χ2v) is 9.51. The van der Waals surface area contributed by atoms with E-state index in [4.69, 9.17) is 0 Å². The van der Waals surface area contributed by atoms with E-state index in [9.17, 15) is 13.2 Å². The molecule has 0 aromatic carbocycles. The van der Waals surface area contributed by atoms with Crippen molar-refractivity contribution in [3.05, 3.63) is 17.5 Å². The summed E-state index contributed by atoms with van der Waals surface area (Å²) in [5.41, 5.74) is -0.207. The Morgan fingerprint density at radius 1 is 1.30 bits per heavy atom. The molecule has 1 saturated heterocycles. The number of carbonyl (C=O) groups excluding carboxylic acids is 1. The number of carbonyl (C=O) groups is 1. The van der Waals surface area contributed by atoms with E-state index in [2.05, 4.69) is 5.32 Å². The quantitative estimate of drug-likeness (QED) is 0.833. The molecule has 6 nitrogen and oxygen atoms in total. The van der Waals surface area contributed by atoms with E-state index >= 15 is 0 Å². The van der Waals surface area contributed by atoms with Crippen LogP contribution in [0.4, 0.5) is 0 Å². The van der Waals surface area contributed by atoms with Crippen molar-refractivity contribution >= 4 is 27.3 Å². The second kappa shape index (κ2) is 7.29. The van der Waals surface area contributed by atoms with Crippen molar-refractivity contribution in [2.24, 2.45) is 0 Å². The molecule has 1 aliphatic heterocycles. The predicted octanol–water partition coefficient (Wildman–Crippen LogP) is 1.36. The van der Waals surface area contributed by atoms with Gasteiger partial charge in [-0.1, -0.05) is 13.0 Å². The third-order valence-electron chi connectivity index (χ3n) is 4.15. The van der Waals surface area contributed by atoms with Crippen LogP contribution in [0.15, 0.2) is 21.7 Å². The largest absolute Gasteiger partial charge is 0.350 e. The van der Waals surface area contributed by atoms with Gasteiger partial charge in [0.25, 0.3) is 10.0 Å². The average Bonchev–Trinajstić information content (AvgIpc) is 3.02. The Morgan fingerprint density at radius 3 is 2.48 bits per heavy atom. The van der Waals surface area contributed by atoms with Gasteiger partial charge in [-0.25, -0.2) is 8.42 Å². The molecule has 1 N–H and O–H groups in total. The number of piperazine rings is 1. The van der Waals surface area contributed by atoms with Crippen molar-refractivity contribution in [1.82, 2.24) is 14.5 Å². The average molecular weight is 360 g/mol. The molecule has 1 fully saturated rings. The lowest BCUT2D eigenvalue weighted by molar-refractivity contribution is -0.124. The highest BCUT2D eigenvalue weighted by Gasteiger charge is 2.30. The van der Waals surface area contributed by atoms with E-state index < -0.39 is 10.0 Å². The standard InChI is InChI=1S/C15H25N3O3S2/c1-4-15(2,3)16-13(19)12-17-7-9-18(10-8-17)23(20,21)14-6-5-11-22-14/h5-6,11H,4,7-10,12H2,1-3H3,(H,16,19). The van der Waals surface area contributed by atoms with Gasteiger partial charge in [-0.3, -0.25) is 9.69 Å². The molecule has 0 atom stereocenters. The Morgan fingerprint density at radius 2 is 1.96 bits per heavy atom. The molecule has 0 bridgehead atoms. The summed E-state index contributed by atoms with van der Waals surface area (Å²) in [7, 11) is -3.38. The summed E-state index contributed by atoms with van der Waals surface area (Å²) in [5, 5.41) is 4.77. The summed E-state index contributed by atoms with van der Waals surface area (Å²) in [6.07, 6.45) is 0.867. The van der Waals surface area contributed by atoms with Crippen molar-refractivity contribution in [3.8, 4) is 0 Å². The van der Waals surface area contributed by atoms with Crippen LogP contribution in [0.25, 0.3) is 0 Å². The summed E-state index contributed by atoms with van der Waals surface area (Å²) in [5.74, 6) is -0.00795. The first kappa shape index (κ1) is 18.4. The normalized spacial score (nSPS) is 18.0. The second-order valence-electron chi connectivity index (χ2n) is 6.40. The maximum absolute atomic E-state index is 12.4. The molecule has 0 aliphatic carbocycles. The van der Waals surface area contributed by atoms with E-state index in [-0.39, 0.29) is 11.4 Å². The van der Waals surface area contributed by atoms with Crippen molar-refractivity contribution in [2.45, 2.75) is 36.9 Å². The molecule has 1 aromatic rings. The molecule has 2 heterocycles. The fourth-order valence-corrected chi connectivity index (χ4v) is 4.94. The van der Waals surface area contributed by atoms with Crippen molar-refractivity contribution < 1.29 is 13.2 Å². The minimum Gasteiger partial charge on any atom is -0.350 e. The minimum atomic E-state index is -3.38. The third-order valence-corrected chi connectivity index (χ3v) is 7.42. The first-order chi connectivity index (χ1) is 10.7. The summed E-state index contributed by atoms with van der Waals surface area (Å²) in [4.78, 5) is 14.1. The Hall–Kier alpha value is -0.960. The van der Waals surface area contributed by atoms with Crippen LogP contribution in [-0.2, 0) is 14.8 Å². The maximum Gasteiger partial charge on any atom is 0.252 e. The van der Waals surface area contributed by atoms with Gasteiger partial charge < -0.3 is 5.32 Å². The van der Waals surface area contributed by atoms with Gasteiger partial charge in [0.2, 0.25) is 5.91 Å². The molecule has 23 heavy (non-hydrogen) atoms. The van der Waals surface area contributed by atoms with Crippen LogP contribution in [0.1, 0.15) is 27.2 Å². The topological polar surface area (TPSA) is 69.7 Å². The molecule has 8 heteroatoms. The maximum atomic E-state index is 12.4. The first-order valence-electron chi connectivity index (χ1n) is 7.81. The molecular formula is C15H25N3O3S2. The third kappa shape index (κ3) is 4.76. The SMILES string of the molecule is CCC(C)(C)NC(=O)CN1CCN(S(=O)(=O)c2cccs2)CC1. The fourth-order valence-electron chi connectivity index (χ4n) is 2.37. The predicted molar refractivity (Wildman–Crippen MR) is 92.0 cm³/mol. The molecular weight excluding hydrogens is 334 g/mol. The number of rotatable bonds is 6. The van der Waals surface area contributed by atoms with Crippen LogP contribution in [0, 0.1) is 0 Å². The van der Waals surface area contributed by atoms with Gasteiger partial charge >= 0.3 is 0 Å². The van der Waals surface area contributed by atoms with Crippen molar-refractivity contribution in [2.75, 3.05) is 32.7 Å². The lowest BCUT2D eigenvalue weighted by Gasteiger charge is -2.34. The monoisotopic (exact) mass is 359 g/mol. The van der Waals surface area contributed by atoms with Crippen LogP contribution < -0.4 is 5.32 Å². The van der Waals surface area contributed by atoms with E-state index in [0.717, 1.165) is 6.42 Å². The number of hydrogen-bond donors (Lipinski definition) is 1. The van der Waals surface area contributed by atoms with Gasteiger partial charge in [0.15, 0.2) is 0 Å². The van der Waals surface area contributed by atoms with Crippen LogP contribution in [0.5, 0.6) is 0 Å². The molecule has 130 valence electrons. The van der Waals surface area contributed by atoms with Crippen LogP contribution in [-0.4, -0.2) is 61.8 Å². The molecule has 1 aromatic heterocycles. The molecule has 0 radical (unpaired) electrons. The van der Waals surface area contributed by atoms with E-state index in [1.165, 1.54) is 15.6 Å². The summed E-state index contributed by atoms with van der Waals surface area (Å²) >= 11 is 1.24. The Labute approximate surface area is 142 Å². The zero-order valence-electron chi connectivity index (χ0n) is 13.9. The molecule has 0 unspecified atom stereocenters. The Kier molecular flexibility index (Phi) is 5.83. The molecule has 0 spiro atoms. The molecule has 1 aliphatic rings. The number of amides is 1. The zero-order chi connectivity index (χ0) is 17.1. The summed E-state index contributed by atoms with van der Waals surface area (Å²) in [6.45, 7) is 8.34. The van der Waals surface area contributed by atoms with Gasteiger partial charge in [-0.15, -0.1) is 11.3 Å². The Bertz CT molecular complexity index is 618.